The molecule has 1 aromatic rings. The third-order valence-corrected chi connectivity index (χ3v) is 2.90. The molecule has 102 valence electrons. The van der Waals surface area contributed by atoms with Crippen molar-refractivity contribution in [2.45, 2.75) is 33.1 Å². The quantitative estimate of drug-likeness (QED) is 0.827. The van der Waals surface area contributed by atoms with Crippen molar-refractivity contribution in [1.82, 2.24) is 4.98 Å². The number of hydrogen-bond acceptors (Lipinski definition) is 4. The molecule has 2 rings (SSSR count). The van der Waals surface area contributed by atoms with Gasteiger partial charge >= 0.3 is 5.97 Å². The molecular weight excluding hydrogens is 244 g/mol. The SMILES string of the molecule is CCOC(=O)c1cc(C)nc(NC(=O)CC2CC2)c1. The van der Waals surface area contributed by atoms with Gasteiger partial charge in [-0.15, -0.1) is 0 Å². The van der Waals surface area contributed by atoms with Gasteiger partial charge in [0.05, 0.1) is 12.2 Å². The van der Waals surface area contributed by atoms with E-state index in [1.807, 2.05) is 0 Å². The van der Waals surface area contributed by atoms with Crippen LogP contribution in [-0.2, 0) is 9.53 Å². The van der Waals surface area contributed by atoms with E-state index in [9.17, 15) is 9.59 Å². The fraction of sp³-hybridized carbons (Fsp3) is 0.500. The molecule has 1 amide bonds. The summed E-state index contributed by atoms with van der Waals surface area (Å²) < 4.78 is 4.94. The van der Waals surface area contributed by atoms with Crippen LogP contribution in [0.25, 0.3) is 0 Å². The Morgan fingerprint density at radius 3 is 2.79 bits per heavy atom. The number of nitrogens with zero attached hydrogens (tertiary/aromatic N) is 1. The van der Waals surface area contributed by atoms with E-state index in [1.54, 1.807) is 26.0 Å². The van der Waals surface area contributed by atoms with E-state index in [4.69, 9.17) is 4.74 Å². The lowest BCUT2D eigenvalue weighted by Crippen LogP contribution is -2.14. The molecule has 0 saturated heterocycles. The van der Waals surface area contributed by atoms with Crippen molar-refractivity contribution < 1.29 is 14.3 Å². The van der Waals surface area contributed by atoms with Gasteiger partial charge in [0.1, 0.15) is 5.82 Å². The van der Waals surface area contributed by atoms with Crippen LogP contribution in [0.1, 0.15) is 42.2 Å². The van der Waals surface area contributed by atoms with Crippen LogP contribution >= 0.6 is 0 Å². The maximum Gasteiger partial charge on any atom is 0.338 e. The zero-order valence-corrected chi connectivity index (χ0v) is 11.2. The highest BCUT2D eigenvalue weighted by Crippen LogP contribution is 2.32. The number of carbonyl (C=O) groups excluding carboxylic acids is 2. The second-order valence-electron chi connectivity index (χ2n) is 4.80. The van der Waals surface area contributed by atoms with Crippen LogP contribution in [0.5, 0.6) is 0 Å². The summed E-state index contributed by atoms with van der Waals surface area (Å²) in [5.74, 6) is 0.490. The molecule has 5 heteroatoms. The summed E-state index contributed by atoms with van der Waals surface area (Å²) in [5, 5.41) is 2.73. The molecule has 0 aliphatic heterocycles. The Hall–Kier alpha value is -1.91. The second-order valence-corrected chi connectivity index (χ2v) is 4.80. The Bertz CT molecular complexity index is 495. The summed E-state index contributed by atoms with van der Waals surface area (Å²) >= 11 is 0. The third kappa shape index (κ3) is 4.05. The molecule has 0 bridgehead atoms. The Balaban J connectivity index is 2.06. The number of nitrogens with one attached hydrogen (secondary N) is 1. The van der Waals surface area contributed by atoms with Crippen molar-refractivity contribution in [3.05, 3.63) is 23.4 Å². The zero-order chi connectivity index (χ0) is 13.8. The van der Waals surface area contributed by atoms with Crippen molar-refractivity contribution in [2.24, 2.45) is 5.92 Å². The first-order valence-electron chi connectivity index (χ1n) is 6.54. The summed E-state index contributed by atoms with van der Waals surface area (Å²) in [6, 6.07) is 3.20. The maximum absolute atomic E-state index is 11.7. The first-order chi connectivity index (χ1) is 9.08. The van der Waals surface area contributed by atoms with Crippen molar-refractivity contribution in [3.8, 4) is 0 Å². The van der Waals surface area contributed by atoms with Gasteiger partial charge in [0.25, 0.3) is 0 Å². The zero-order valence-electron chi connectivity index (χ0n) is 11.2. The average Bonchev–Trinajstić information content (AvgIpc) is 3.12. The van der Waals surface area contributed by atoms with Crippen LogP contribution in [0.4, 0.5) is 5.82 Å². The van der Waals surface area contributed by atoms with E-state index in [0.29, 0.717) is 36.0 Å². The minimum Gasteiger partial charge on any atom is -0.462 e. The highest BCUT2D eigenvalue weighted by Gasteiger charge is 2.24. The molecule has 1 aromatic heterocycles. The van der Waals surface area contributed by atoms with Gasteiger partial charge in [-0.25, -0.2) is 9.78 Å². The number of esters is 1. The lowest BCUT2D eigenvalue weighted by molar-refractivity contribution is -0.116. The smallest absolute Gasteiger partial charge is 0.338 e. The van der Waals surface area contributed by atoms with Crippen molar-refractivity contribution >= 4 is 17.7 Å². The van der Waals surface area contributed by atoms with Gasteiger partial charge in [-0.2, -0.15) is 0 Å². The first kappa shape index (κ1) is 13.5. The molecule has 1 saturated carbocycles. The van der Waals surface area contributed by atoms with E-state index < -0.39 is 5.97 Å². The normalized spacial score (nSPS) is 14.0. The fourth-order valence-electron chi connectivity index (χ4n) is 1.84. The van der Waals surface area contributed by atoms with E-state index in [0.717, 1.165) is 12.8 Å². The summed E-state index contributed by atoms with van der Waals surface area (Å²) in [6.45, 7) is 3.85. The van der Waals surface area contributed by atoms with E-state index in [-0.39, 0.29) is 5.91 Å². The number of hydrogen-bond donors (Lipinski definition) is 1. The number of ether oxygens (including phenoxy) is 1. The largest absolute Gasteiger partial charge is 0.462 e. The molecule has 5 nitrogen and oxygen atoms in total. The number of aryl methyl sites for hydroxylation is 1. The molecule has 19 heavy (non-hydrogen) atoms. The Labute approximate surface area is 112 Å². The van der Waals surface area contributed by atoms with Gasteiger partial charge in [-0.1, -0.05) is 0 Å². The van der Waals surface area contributed by atoms with Gasteiger partial charge in [0.15, 0.2) is 0 Å². The molecule has 0 aromatic carbocycles. The highest BCUT2D eigenvalue weighted by molar-refractivity contribution is 5.93. The Kier molecular flexibility index (Phi) is 4.14. The Morgan fingerprint density at radius 2 is 2.16 bits per heavy atom. The van der Waals surface area contributed by atoms with Crippen LogP contribution in [0.15, 0.2) is 12.1 Å². The summed E-state index contributed by atoms with van der Waals surface area (Å²) in [6.07, 6.45) is 2.79. The fourth-order valence-corrected chi connectivity index (χ4v) is 1.84. The van der Waals surface area contributed by atoms with Gasteiger partial charge in [0, 0.05) is 12.1 Å². The second kappa shape index (κ2) is 5.82. The van der Waals surface area contributed by atoms with Crippen LogP contribution < -0.4 is 5.32 Å². The van der Waals surface area contributed by atoms with Crippen LogP contribution in [-0.4, -0.2) is 23.5 Å². The first-order valence-corrected chi connectivity index (χ1v) is 6.54. The summed E-state index contributed by atoms with van der Waals surface area (Å²) in [4.78, 5) is 27.6. The lowest BCUT2D eigenvalue weighted by atomic mass is 10.2. The number of aromatic nitrogens is 1. The molecule has 0 radical (unpaired) electrons. The molecule has 1 fully saturated rings. The minimum absolute atomic E-state index is 0.0459. The standard InChI is InChI=1S/C14H18N2O3/c1-3-19-14(18)11-6-9(2)15-12(8-11)16-13(17)7-10-4-5-10/h6,8,10H,3-5,7H2,1-2H3,(H,15,16,17). The highest BCUT2D eigenvalue weighted by atomic mass is 16.5. The monoisotopic (exact) mass is 262 g/mol. The molecule has 0 unspecified atom stereocenters. The lowest BCUT2D eigenvalue weighted by Gasteiger charge is -2.08. The molecule has 0 atom stereocenters. The van der Waals surface area contributed by atoms with E-state index >= 15 is 0 Å². The summed E-state index contributed by atoms with van der Waals surface area (Å²) in [7, 11) is 0. The molecule has 1 aliphatic carbocycles. The van der Waals surface area contributed by atoms with E-state index in [2.05, 4.69) is 10.3 Å². The van der Waals surface area contributed by atoms with Gasteiger partial charge in [-0.3, -0.25) is 4.79 Å². The van der Waals surface area contributed by atoms with Gasteiger partial charge in [0.2, 0.25) is 5.91 Å². The van der Waals surface area contributed by atoms with Crippen LogP contribution in [0.2, 0.25) is 0 Å². The maximum atomic E-state index is 11.7. The molecule has 1 aliphatic rings. The van der Waals surface area contributed by atoms with E-state index in [1.165, 1.54) is 0 Å². The number of rotatable bonds is 5. The summed E-state index contributed by atoms with van der Waals surface area (Å²) in [5.41, 5.74) is 1.09. The van der Waals surface area contributed by atoms with Crippen molar-refractivity contribution in [2.75, 3.05) is 11.9 Å². The Morgan fingerprint density at radius 1 is 1.42 bits per heavy atom. The number of amides is 1. The molecule has 1 heterocycles. The van der Waals surface area contributed by atoms with Crippen molar-refractivity contribution in [1.29, 1.82) is 0 Å². The number of anilines is 1. The molecular formula is C14H18N2O3. The van der Waals surface area contributed by atoms with Crippen LogP contribution in [0.3, 0.4) is 0 Å². The van der Waals surface area contributed by atoms with Crippen molar-refractivity contribution in [3.63, 3.8) is 0 Å². The van der Waals surface area contributed by atoms with Gasteiger partial charge < -0.3 is 10.1 Å². The average molecular weight is 262 g/mol. The minimum atomic E-state index is -0.398. The number of carbonyl (C=O) groups is 2. The van der Waals surface area contributed by atoms with Crippen LogP contribution in [0, 0.1) is 12.8 Å². The third-order valence-electron chi connectivity index (χ3n) is 2.90. The van der Waals surface area contributed by atoms with Gasteiger partial charge in [-0.05, 0) is 44.7 Å². The molecule has 1 N–H and O–H groups in total. The predicted octanol–water partition coefficient (Wildman–Crippen LogP) is 2.31. The molecule has 0 spiro atoms. The predicted molar refractivity (Wildman–Crippen MR) is 70.9 cm³/mol. The number of pyridine rings is 1. The topological polar surface area (TPSA) is 68.3 Å².